The van der Waals surface area contributed by atoms with Gasteiger partial charge in [-0.1, -0.05) is 29.8 Å². The second-order valence-electron chi connectivity index (χ2n) is 9.18. The first-order valence-electron chi connectivity index (χ1n) is 12.8. The smallest absolute Gasteiger partial charge is 0.261 e. The lowest BCUT2D eigenvalue weighted by molar-refractivity contribution is -0.142. The molecule has 2 amide bonds. The number of carbonyl (C=O) groups excluding carboxylic acids is 2. The van der Waals surface area contributed by atoms with Crippen LogP contribution in [0.25, 0.3) is 0 Å². The first kappa shape index (κ1) is 29.5. The zero-order chi connectivity index (χ0) is 28.5. The fourth-order valence-corrected chi connectivity index (χ4v) is 5.61. The van der Waals surface area contributed by atoms with Crippen LogP contribution in [0.1, 0.15) is 18.1 Å². The van der Waals surface area contributed by atoms with Gasteiger partial charge in [-0.25, -0.2) is 8.42 Å². The summed E-state index contributed by atoms with van der Waals surface area (Å²) in [6.07, 6.45) is 3.31. The predicted molar refractivity (Wildman–Crippen MR) is 149 cm³/mol. The number of amides is 2. The van der Waals surface area contributed by atoms with Gasteiger partial charge in [0.1, 0.15) is 11.8 Å². The summed E-state index contributed by atoms with van der Waals surface area (Å²) in [5.41, 5.74) is 1.63. The summed E-state index contributed by atoms with van der Waals surface area (Å²) in [5.74, 6) is -0.415. The molecule has 1 atom stereocenters. The third-order valence-corrected chi connectivity index (χ3v) is 8.58. The number of hydrogen-bond donors (Lipinski definition) is 1. The van der Waals surface area contributed by atoms with Crippen molar-refractivity contribution in [3.63, 3.8) is 0 Å². The Hall–Kier alpha value is -3.51. The van der Waals surface area contributed by atoms with Crippen LogP contribution in [-0.2, 0) is 37.4 Å². The highest BCUT2D eigenvalue weighted by atomic mass is 35.5. The van der Waals surface area contributed by atoms with E-state index in [4.69, 9.17) is 21.1 Å². The van der Waals surface area contributed by atoms with E-state index < -0.39 is 22.0 Å². The Morgan fingerprint density at radius 3 is 2.42 bits per heavy atom. The fourth-order valence-electron chi connectivity index (χ4n) is 4.08. The molecule has 212 valence electrons. The van der Waals surface area contributed by atoms with Crippen molar-refractivity contribution in [3.05, 3.63) is 89.2 Å². The van der Waals surface area contributed by atoms with Gasteiger partial charge in [0.2, 0.25) is 15.9 Å². The van der Waals surface area contributed by atoms with Crippen LogP contribution >= 0.6 is 11.6 Å². The Morgan fingerprint density at radius 1 is 1.07 bits per heavy atom. The Kier molecular flexibility index (Phi) is 10.1. The lowest BCUT2D eigenvalue weighted by atomic mass is 10.1. The van der Waals surface area contributed by atoms with Crippen LogP contribution in [-0.4, -0.2) is 73.4 Å². The van der Waals surface area contributed by atoms with E-state index in [1.165, 1.54) is 33.5 Å². The van der Waals surface area contributed by atoms with Crippen molar-refractivity contribution in [3.8, 4) is 5.75 Å². The van der Waals surface area contributed by atoms with Crippen LogP contribution in [0.3, 0.4) is 0 Å². The molecule has 1 aromatic heterocycles. The molecule has 1 aliphatic heterocycles. The average Bonchev–Trinajstić information content (AvgIpc) is 2.99. The minimum Gasteiger partial charge on any atom is -0.484 e. The molecule has 12 heteroatoms. The molecule has 0 spiro atoms. The number of benzene rings is 2. The Bertz CT molecular complexity index is 1380. The second kappa shape index (κ2) is 13.7. The molecule has 40 heavy (non-hydrogen) atoms. The zero-order valence-corrected chi connectivity index (χ0v) is 23.6. The third kappa shape index (κ3) is 7.79. The Labute approximate surface area is 238 Å². The van der Waals surface area contributed by atoms with Gasteiger partial charge in [-0.3, -0.25) is 14.6 Å². The zero-order valence-electron chi connectivity index (χ0n) is 22.0. The summed E-state index contributed by atoms with van der Waals surface area (Å²) in [6, 6.07) is 15.8. The number of nitrogens with zero attached hydrogens (tertiary/aromatic N) is 3. The van der Waals surface area contributed by atoms with E-state index in [1.807, 2.05) is 6.07 Å². The number of nitrogens with one attached hydrogen (secondary N) is 1. The van der Waals surface area contributed by atoms with Crippen molar-refractivity contribution in [2.45, 2.75) is 31.0 Å². The number of carbonyl (C=O) groups is 2. The number of pyridine rings is 1. The first-order chi connectivity index (χ1) is 19.2. The second-order valence-corrected chi connectivity index (χ2v) is 11.6. The van der Waals surface area contributed by atoms with Crippen LogP contribution in [0, 0.1) is 0 Å². The number of hydrogen-bond acceptors (Lipinski definition) is 7. The van der Waals surface area contributed by atoms with E-state index in [0.29, 0.717) is 37.1 Å². The number of rotatable bonds is 11. The molecule has 1 unspecified atom stereocenters. The highest BCUT2D eigenvalue weighted by molar-refractivity contribution is 7.89. The van der Waals surface area contributed by atoms with Crippen LogP contribution in [0.5, 0.6) is 5.75 Å². The average molecular weight is 587 g/mol. The summed E-state index contributed by atoms with van der Waals surface area (Å²) in [5, 5.41) is 3.41. The van der Waals surface area contributed by atoms with E-state index in [0.717, 1.165) is 11.1 Å². The summed E-state index contributed by atoms with van der Waals surface area (Å²) >= 11 is 6.01. The SMILES string of the molecule is CC(C(=O)NCc1cccnc1)N(Cc1ccc(Cl)cc1)C(=O)COc1ccc(S(=O)(=O)N2CCOCC2)cc1. The van der Waals surface area contributed by atoms with Crippen molar-refractivity contribution in [2.75, 3.05) is 32.9 Å². The van der Waals surface area contributed by atoms with Crippen LogP contribution in [0.4, 0.5) is 0 Å². The van der Waals surface area contributed by atoms with Crippen molar-refractivity contribution >= 4 is 33.4 Å². The minimum absolute atomic E-state index is 0.136. The van der Waals surface area contributed by atoms with E-state index in [9.17, 15) is 18.0 Å². The summed E-state index contributed by atoms with van der Waals surface area (Å²) in [4.78, 5) is 31.9. The first-order valence-corrected chi connectivity index (χ1v) is 14.6. The van der Waals surface area contributed by atoms with Gasteiger partial charge in [-0.05, 0) is 60.5 Å². The van der Waals surface area contributed by atoms with E-state index in [-0.39, 0.29) is 30.5 Å². The number of aromatic nitrogens is 1. The topological polar surface area (TPSA) is 118 Å². The molecule has 0 bridgehead atoms. The van der Waals surface area contributed by atoms with Crippen molar-refractivity contribution in [1.82, 2.24) is 19.5 Å². The lowest BCUT2D eigenvalue weighted by Crippen LogP contribution is -2.48. The minimum atomic E-state index is -3.64. The van der Waals surface area contributed by atoms with Gasteiger partial charge in [-0.15, -0.1) is 0 Å². The molecule has 2 heterocycles. The molecule has 1 saturated heterocycles. The molecule has 0 saturated carbocycles. The number of sulfonamides is 1. The maximum absolute atomic E-state index is 13.3. The lowest BCUT2D eigenvalue weighted by Gasteiger charge is -2.29. The highest BCUT2D eigenvalue weighted by Gasteiger charge is 2.28. The molecular formula is C28H31ClN4O6S. The molecule has 10 nitrogen and oxygen atoms in total. The highest BCUT2D eigenvalue weighted by Crippen LogP contribution is 2.21. The predicted octanol–water partition coefficient (Wildman–Crippen LogP) is 2.87. The molecule has 1 fully saturated rings. The Balaban J connectivity index is 1.41. The Morgan fingerprint density at radius 2 is 1.77 bits per heavy atom. The van der Waals surface area contributed by atoms with E-state index >= 15 is 0 Å². The van der Waals surface area contributed by atoms with Gasteiger partial charge in [0.25, 0.3) is 5.91 Å². The molecule has 3 aromatic rings. The molecule has 2 aromatic carbocycles. The third-order valence-electron chi connectivity index (χ3n) is 6.42. The largest absolute Gasteiger partial charge is 0.484 e. The van der Waals surface area contributed by atoms with Crippen LogP contribution in [0.2, 0.25) is 5.02 Å². The standard InChI is InChI=1S/C28H31ClN4O6S/c1-21(28(35)31-18-23-3-2-12-30-17-23)33(19-22-4-6-24(29)7-5-22)27(34)20-39-25-8-10-26(11-9-25)40(36,37)32-13-15-38-16-14-32/h2-12,17,21H,13-16,18-20H2,1H3,(H,31,35). The molecule has 1 N–H and O–H groups in total. The van der Waals surface area contributed by atoms with Crippen molar-refractivity contribution in [1.29, 1.82) is 0 Å². The number of morpholine rings is 1. The quantitative estimate of drug-likeness (QED) is 0.367. The molecular weight excluding hydrogens is 556 g/mol. The molecule has 0 aliphatic carbocycles. The summed E-state index contributed by atoms with van der Waals surface area (Å²) in [7, 11) is -3.64. The van der Waals surface area contributed by atoms with Crippen LogP contribution in [0.15, 0.2) is 78.0 Å². The van der Waals surface area contributed by atoms with Crippen molar-refractivity contribution < 1.29 is 27.5 Å². The van der Waals surface area contributed by atoms with E-state index in [2.05, 4.69) is 10.3 Å². The normalized spacial score (nSPS) is 14.8. The van der Waals surface area contributed by atoms with Gasteiger partial charge < -0.3 is 19.7 Å². The molecule has 1 aliphatic rings. The van der Waals surface area contributed by atoms with Crippen LogP contribution < -0.4 is 10.1 Å². The number of ether oxygens (including phenoxy) is 2. The molecule has 4 rings (SSSR count). The van der Waals surface area contributed by atoms with Gasteiger partial charge in [-0.2, -0.15) is 4.31 Å². The number of halogens is 1. The van der Waals surface area contributed by atoms with Gasteiger partial charge in [0, 0.05) is 43.6 Å². The van der Waals surface area contributed by atoms with Gasteiger partial charge in [0.05, 0.1) is 18.1 Å². The summed E-state index contributed by atoms with van der Waals surface area (Å²) < 4.78 is 38.0. The molecule has 0 radical (unpaired) electrons. The maximum Gasteiger partial charge on any atom is 0.261 e. The van der Waals surface area contributed by atoms with E-state index in [1.54, 1.807) is 49.6 Å². The monoisotopic (exact) mass is 586 g/mol. The van der Waals surface area contributed by atoms with Crippen molar-refractivity contribution in [2.24, 2.45) is 0 Å². The fraction of sp³-hybridized carbons (Fsp3) is 0.321. The maximum atomic E-state index is 13.3. The summed E-state index contributed by atoms with van der Waals surface area (Å²) in [6.45, 7) is 3.05. The van der Waals surface area contributed by atoms with Gasteiger partial charge in [0.15, 0.2) is 6.61 Å². The van der Waals surface area contributed by atoms with Gasteiger partial charge >= 0.3 is 0 Å².